The Balaban J connectivity index is 2.59. The molecule has 0 amide bonds. The van der Waals surface area contributed by atoms with E-state index >= 15 is 0 Å². The van der Waals surface area contributed by atoms with Crippen LogP contribution in [0.25, 0.3) is 0 Å². The van der Waals surface area contributed by atoms with Crippen LogP contribution in [0, 0.1) is 0 Å². The largest absolute Gasteiger partial charge is 0.492 e. The van der Waals surface area contributed by atoms with Crippen molar-refractivity contribution < 1.29 is 4.74 Å². The molecule has 2 nitrogen and oxygen atoms in total. The Morgan fingerprint density at radius 3 is 2.41 bits per heavy atom. The summed E-state index contributed by atoms with van der Waals surface area (Å²) in [6, 6.07) is 8.80. The highest BCUT2D eigenvalue weighted by molar-refractivity contribution is 5.38. The van der Waals surface area contributed by atoms with E-state index in [0.717, 1.165) is 12.3 Å². The molecule has 1 N–H and O–H groups in total. The number of ether oxygens (including phenoxy) is 1. The fraction of sp³-hybridized carbons (Fsp3) is 0.600. The highest BCUT2D eigenvalue weighted by Gasteiger charge is 2.18. The van der Waals surface area contributed by atoms with Crippen LogP contribution < -0.4 is 10.1 Å². The molecule has 1 rings (SSSR count). The minimum absolute atomic E-state index is 0.127. The maximum absolute atomic E-state index is 5.85. The topological polar surface area (TPSA) is 21.3 Å². The predicted molar refractivity (Wildman–Crippen MR) is 73.8 cm³/mol. The van der Waals surface area contributed by atoms with Gasteiger partial charge in [0.25, 0.3) is 0 Å². The Kier molecular flexibility index (Phi) is 5.01. The normalized spacial score (nSPS) is 11.9. The van der Waals surface area contributed by atoms with Gasteiger partial charge in [-0.15, -0.1) is 0 Å². The number of para-hydroxylation sites is 1. The molecule has 0 spiro atoms. The van der Waals surface area contributed by atoms with Gasteiger partial charge in [0, 0.05) is 12.6 Å². The highest BCUT2D eigenvalue weighted by Crippen LogP contribution is 2.30. The summed E-state index contributed by atoms with van der Waals surface area (Å²) in [7, 11) is 0. The zero-order valence-corrected chi connectivity index (χ0v) is 11.7. The Bertz CT molecular complexity index is 339. The molecule has 0 aliphatic heterocycles. The van der Waals surface area contributed by atoms with E-state index in [4.69, 9.17) is 4.74 Å². The van der Waals surface area contributed by atoms with Gasteiger partial charge >= 0.3 is 0 Å². The lowest BCUT2D eigenvalue weighted by Crippen LogP contribution is -2.28. The summed E-state index contributed by atoms with van der Waals surface area (Å²) in [5.74, 6) is 1.01. The molecular weight excluding hydrogens is 210 g/mol. The van der Waals surface area contributed by atoms with E-state index in [2.05, 4.69) is 58.1 Å². The van der Waals surface area contributed by atoms with Gasteiger partial charge in [-0.05, 0) is 17.0 Å². The van der Waals surface area contributed by atoms with Gasteiger partial charge in [-0.2, -0.15) is 0 Å². The molecule has 17 heavy (non-hydrogen) atoms. The molecule has 0 saturated heterocycles. The summed E-state index contributed by atoms with van der Waals surface area (Å²) in [6.07, 6.45) is 0. The van der Waals surface area contributed by atoms with E-state index < -0.39 is 0 Å². The molecule has 0 bridgehead atoms. The van der Waals surface area contributed by atoms with Crippen LogP contribution in [0.4, 0.5) is 0 Å². The fourth-order valence-electron chi connectivity index (χ4n) is 1.72. The minimum Gasteiger partial charge on any atom is -0.492 e. The van der Waals surface area contributed by atoms with Crippen molar-refractivity contribution in [2.45, 2.75) is 46.1 Å². The average molecular weight is 235 g/mol. The van der Waals surface area contributed by atoms with E-state index in [1.807, 2.05) is 6.07 Å². The van der Waals surface area contributed by atoms with E-state index in [0.29, 0.717) is 12.6 Å². The lowest BCUT2D eigenvalue weighted by Gasteiger charge is -2.22. The summed E-state index contributed by atoms with van der Waals surface area (Å²) >= 11 is 0. The molecule has 0 heterocycles. The van der Waals surface area contributed by atoms with Crippen molar-refractivity contribution in [3.8, 4) is 5.75 Å². The summed E-state index contributed by atoms with van der Waals surface area (Å²) in [4.78, 5) is 0. The second-order valence-electron chi connectivity index (χ2n) is 5.70. The molecule has 2 heteroatoms. The number of rotatable bonds is 5. The van der Waals surface area contributed by atoms with Crippen LogP contribution in [0.15, 0.2) is 24.3 Å². The van der Waals surface area contributed by atoms with Gasteiger partial charge in [-0.25, -0.2) is 0 Å². The first-order chi connectivity index (χ1) is 7.91. The standard InChI is InChI=1S/C15H25NO/c1-12(2)16-10-11-17-14-9-7-6-8-13(14)15(3,4)5/h6-9,12,16H,10-11H2,1-5H3. The van der Waals surface area contributed by atoms with Crippen molar-refractivity contribution in [1.29, 1.82) is 0 Å². The first kappa shape index (κ1) is 14.0. The number of hydrogen-bond donors (Lipinski definition) is 1. The lowest BCUT2D eigenvalue weighted by molar-refractivity contribution is 0.301. The van der Waals surface area contributed by atoms with Crippen molar-refractivity contribution in [3.63, 3.8) is 0 Å². The first-order valence-corrected chi connectivity index (χ1v) is 6.37. The molecule has 0 aromatic heterocycles. The fourth-order valence-corrected chi connectivity index (χ4v) is 1.72. The van der Waals surface area contributed by atoms with Crippen LogP contribution in [-0.2, 0) is 5.41 Å². The van der Waals surface area contributed by atoms with Gasteiger partial charge in [0.15, 0.2) is 0 Å². The molecule has 0 fully saturated rings. The van der Waals surface area contributed by atoms with Gasteiger partial charge in [0.2, 0.25) is 0 Å². The molecule has 0 aliphatic rings. The first-order valence-electron chi connectivity index (χ1n) is 6.37. The van der Waals surface area contributed by atoms with Gasteiger partial charge in [-0.3, -0.25) is 0 Å². The molecule has 0 saturated carbocycles. The van der Waals surface area contributed by atoms with E-state index in [-0.39, 0.29) is 5.41 Å². The molecule has 0 atom stereocenters. The Morgan fingerprint density at radius 1 is 1.18 bits per heavy atom. The molecule has 96 valence electrons. The number of nitrogens with one attached hydrogen (secondary N) is 1. The van der Waals surface area contributed by atoms with Crippen molar-refractivity contribution >= 4 is 0 Å². The summed E-state index contributed by atoms with van der Waals surface area (Å²) in [5, 5.41) is 3.35. The SMILES string of the molecule is CC(C)NCCOc1ccccc1C(C)(C)C. The minimum atomic E-state index is 0.127. The van der Waals surface area contributed by atoms with Crippen LogP contribution in [0.1, 0.15) is 40.2 Å². The van der Waals surface area contributed by atoms with Gasteiger partial charge in [0.1, 0.15) is 12.4 Å². The molecular formula is C15H25NO. The van der Waals surface area contributed by atoms with Crippen LogP contribution in [-0.4, -0.2) is 19.2 Å². The Labute approximate surface area is 105 Å². The maximum atomic E-state index is 5.85. The van der Waals surface area contributed by atoms with Crippen LogP contribution in [0.2, 0.25) is 0 Å². The van der Waals surface area contributed by atoms with E-state index in [9.17, 15) is 0 Å². The second-order valence-corrected chi connectivity index (χ2v) is 5.70. The summed E-state index contributed by atoms with van der Waals surface area (Å²) in [6.45, 7) is 12.5. The zero-order chi connectivity index (χ0) is 12.9. The van der Waals surface area contributed by atoms with Crippen LogP contribution in [0.3, 0.4) is 0 Å². The number of benzene rings is 1. The Hall–Kier alpha value is -1.02. The van der Waals surface area contributed by atoms with Gasteiger partial charge < -0.3 is 10.1 Å². The van der Waals surface area contributed by atoms with E-state index in [1.165, 1.54) is 5.56 Å². The van der Waals surface area contributed by atoms with Crippen molar-refractivity contribution in [3.05, 3.63) is 29.8 Å². The third-order valence-electron chi connectivity index (χ3n) is 2.61. The van der Waals surface area contributed by atoms with Crippen molar-refractivity contribution in [2.75, 3.05) is 13.2 Å². The van der Waals surface area contributed by atoms with Crippen LogP contribution >= 0.6 is 0 Å². The number of hydrogen-bond acceptors (Lipinski definition) is 2. The third-order valence-corrected chi connectivity index (χ3v) is 2.61. The molecule has 0 radical (unpaired) electrons. The summed E-state index contributed by atoms with van der Waals surface area (Å²) < 4.78 is 5.85. The van der Waals surface area contributed by atoms with E-state index in [1.54, 1.807) is 0 Å². The smallest absolute Gasteiger partial charge is 0.123 e. The third kappa shape index (κ3) is 4.78. The monoisotopic (exact) mass is 235 g/mol. The maximum Gasteiger partial charge on any atom is 0.123 e. The van der Waals surface area contributed by atoms with Crippen molar-refractivity contribution in [2.24, 2.45) is 0 Å². The quantitative estimate of drug-likeness (QED) is 0.790. The lowest BCUT2D eigenvalue weighted by atomic mass is 9.86. The molecule has 1 aromatic rings. The molecule has 1 aromatic carbocycles. The summed E-state index contributed by atoms with van der Waals surface area (Å²) in [5.41, 5.74) is 1.40. The molecule has 0 aliphatic carbocycles. The second kappa shape index (κ2) is 6.06. The highest BCUT2D eigenvalue weighted by atomic mass is 16.5. The zero-order valence-electron chi connectivity index (χ0n) is 11.7. The van der Waals surface area contributed by atoms with Crippen molar-refractivity contribution in [1.82, 2.24) is 5.32 Å². The predicted octanol–water partition coefficient (Wildman–Crippen LogP) is 3.36. The van der Waals surface area contributed by atoms with Gasteiger partial charge in [-0.1, -0.05) is 52.8 Å². The van der Waals surface area contributed by atoms with Crippen LogP contribution in [0.5, 0.6) is 5.75 Å². The average Bonchev–Trinajstić information content (AvgIpc) is 2.23. The molecule has 0 unspecified atom stereocenters. The Morgan fingerprint density at radius 2 is 1.82 bits per heavy atom. The van der Waals surface area contributed by atoms with Gasteiger partial charge in [0.05, 0.1) is 0 Å².